The summed E-state index contributed by atoms with van der Waals surface area (Å²) in [4.78, 5) is 16.9. The van der Waals surface area contributed by atoms with E-state index in [1.54, 1.807) is 0 Å². The molecule has 0 unspecified atom stereocenters. The lowest BCUT2D eigenvalue weighted by Gasteiger charge is -2.12. The average Bonchev–Trinajstić information content (AvgIpc) is 3.29. The van der Waals surface area contributed by atoms with Gasteiger partial charge in [0.15, 0.2) is 5.13 Å². The van der Waals surface area contributed by atoms with Gasteiger partial charge in [-0.1, -0.05) is 18.3 Å². The van der Waals surface area contributed by atoms with E-state index in [0.717, 1.165) is 18.1 Å². The molecule has 1 aromatic heterocycles. The molecule has 19 heavy (non-hydrogen) atoms. The molecule has 0 saturated heterocycles. The van der Waals surface area contributed by atoms with Crippen molar-refractivity contribution in [2.24, 2.45) is 5.41 Å². The number of nitrogens with one attached hydrogen (secondary N) is 2. The molecule has 1 aromatic rings. The quantitative estimate of drug-likeness (QED) is 0.746. The lowest BCUT2D eigenvalue weighted by Crippen LogP contribution is -2.29. The fourth-order valence-electron chi connectivity index (χ4n) is 2.14. The first-order chi connectivity index (χ1) is 9.12. The molecule has 5 nitrogen and oxygen atoms in total. The third-order valence-corrected chi connectivity index (χ3v) is 5.10. The lowest BCUT2D eigenvalue weighted by molar-refractivity contribution is 0.0949. The van der Waals surface area contributed by atoms with E-state index in [9.17, 15) is 4.79 Å². The van der Waals surface area contributed by atoms with Crippen LogP contribution in [0.25, 0.3) is 0 Å². The van der Waals surface area contributed by atoms with Gasteiger partial charge in [0.2, 0.25) is 0 Å². The van der Waals surface area contributed by atoms with Crippen molar-refractivity contribution < 1.29 is 4.79 Å². The lowest BCUT2D eigenvalue weighted by atomic mass is 10.0. The number of nitrogens with two attached hydrogens (primary N) is 1. The molecule has 0 bridgehead atoms. The Morgan fingerprint density at radius 3 is 2.84 bits per heavy atom. The first-order valence-electron chi connectivity index (χ1n) is 6.93. The van der Waals surface area contributed by atoms with Crippen molar-refractivity contribution in [3.8, 4) is 0 Å². The zero-order chi connectivity index (χ0) is 13.5. The maximum atomic E-state index is 12.1. The SMILES string of the molecule is CCC1(CNC(=O)c2sc(NC3CC3)nc2N)CC1. The maximum absolute atomic E-state index is 12.1. The molecule has 6 heteroatoms. The highest BCUT2D eigenvalue weighted by Crippen LogP contribution is 2.47. The zero-order valence-corrected chi connectivity index (χ0v) is 12.0. The number of anilines is 2. The van der Waals surface area contributed by atoms with Crippen LogP contribution in [0.15, 0.2) is 0 Å². The van der Waals surface area contributed by atoms with Gasteiger partial charge in [-0.05, 0) is 37.5 Å². The summed E-state index contributed by atoms with van der Waals surface area (Å²) >= 11 is 1.36. The number of carbonyl (C=O) groups is 1. The minimum absolute atomic E-state index is 0.0847. The van der Waals surface area contributed by atoms with Crippen LogP contribution in [0.1, 0.15) is 48.7 Å². The molecule has 0 aliphatic heterocycles. The molecule has 3 rings (SSSR count). The van der Waals surface area contributed by atoms with E-state index < -0.39 is 0 Å². The molecular weight excluding hydrogens is 260 g/mol. The van der Waals surface area contributed by atoms with Crippen LogP contribution < -0.4 is 16.4 Å². The fraction of sp³-hybridized carbons (Fsp3) is 0.692. The van der Waals surface area contributed by atoms with Crippen LogP contribution in [-0.2, 0) is 0 Å². The summed E-state index contributed by atoms with van der Waals surface area (Å²) in [6.07, 6.45) is 5.92. The molecule has 1 amide bonds. The molecule has 0 aromatic carbocycles. The molecule has 0 atom stereocenters. The molecule has 2 saturated carbocycles. The van der Waals surface area contributed by atoms with Gasteiger partial charge in [-0.3, -0.25) is 4.79 Å². The van der Waals surface area contributed by atoms with E-state index in [-0.39, 0.29) is 5.91 Å². The Labute approximate surface area is 117 Å². The number of aromatic nitrogens is 1. The van der Waals surface area contributed by atoms with Crippen LogP contribution in [0.4, 0.5) is 10.9 Å². The Bertz CT molecular complexity index is 491. The molecule has 1 heterocycles. The van der Waals surface area contributed by atoms with E-state index in [2.05, 4.69) is 22.5 Å². The van der Waals surface area contributed by atoms with Crippen molar-refractivity contribution in [1.82, 2.24) is 10.3 Å². The van der Waals surface area contributed by atoms with Crippen molar-refractivity contribution in [3.63, 3.8) is 0 Å². The largest absolute Gasteiger partial charge is 0.382 e. The molecule has 104 valence electrons. The van der Waals surface area contributed by atoms with Gasteiger partial charge >= 0.3 is 0 Å². The Morgan fingerprint density at radius 2 is 2.26 bits per heavy atom. The highest BCUT2D eigenvalue weighted by Gasteiger charge is 2.40. The van der Waals surface area contributed by atoms with E-state index in [0.29, 0.717) is 22.2 Å². The summed E-state index contributed by atoms with van der Waals surface area (Å²) < 4.78 is 0. The van der Waals surface area contributed by atoms with Crippen molar-refractivity contribution in [3.05, 3.63) is 4.88 Å². The standard InChI is InChI=1S/C13H20N4OS/c1-2-13(5-6-13)7-15-11(18)9-10(14)17-12(19-9)16-8-3-4-8/h8H,2-7,14H2,1H3,(H,15,18)(H,16,17). The monoisotopic (exact) mass is 280 g/mol. The van der Waals surface area contributed by atoms with Crippen LogP contribution in [0, 0.1) is 5.41 Å². The highest BCUT2D eigenvalue weighted by molar-refractivity contribution is 7.18. The van der Waals surface area contributed by atoms with Crippen molar-refractivity contribution in [2.75, 3.05) is 17.6 Å². The van der Waals surface area contributed by atoms with Crippen molar-refractivity contribution in [1.29, 1.82) is 0 Å². The first kappa shape index (κ1) is 12.7. The summed E-state index contributed by atoms with van der Waals surface area (Å²) in [6.45, 7) is 2.93. The van der Waals surface area contributed by atoms with E-state index >= 15 is 0 Å². The first-order valence-corrected chi connectivity index (χ1v) is 7.74. The number of nitrogens with zero attached hydrogens (tertiary/aromatic N) is 1. The number of nitrogen functional groups attached to an aromatic ring is 1. The summed E-state index contributed by atoms with van der Waals surface area (Å²) in [6, 6.07) is 0.524. The second kappa shape index (κ2) is 4.67. The smallest absolute Gasteiger partial charge is 0.265 e. The molecular formula is C13H20N4OS. The van der Waals surface area contributed by atoms with Gasteiger partial charge in [0.05, 0.1) is 0 Å². The van der Waals surface area contributed by atoms with Crippen LogP contribution >= 0.6 is 11.3 Å². The zero-order valence-electron chi connectivity index (χ0n) is 11.2. The number of amides is 1. The topological polar surface area (TPSA) is 80.0 Å². The number of carbonyl (C=O) groups excluding carboxylic acids is 1. The van der Waals surface area contributed by atoms with E-state index in [1.807, 2.05) is 0 Å². The summed E-state index contributed by atoms with van der Waals surface area (Å²) in [5, 5.41) is 7.04. The highest BCUT2D eigenvalue weighted by atomic mass is 32.1. The minimum Gasteiger partial charge on any atom is -0.382 e. The maximum Gasteiger partial charge on any atom is 0.265 e. The van der Waals surface area contributed by atoms with Crippen molar-refractivity contribution >= 4 is 28.2 Å². The number of hydrogen-bond acceptors (Lipinski definition) is 5. The predicted molar refractivity (Wildman–Crippen MR) is 77.5 cm³/mol. The normalized spacial score (nSPS) is 20.1. The number of rotatable bonds is 6. The average molecular weight is 280 g/mol. The van der Waals surface area contributed by atoms with E-state index in [4.69, 9.17) is 5.73 Å². The second-order valence-corrected chi connectivity index (χ2v) is 6.69. The molecule has 2 aliphatic rings. The molecule has 2 aliphatic carbocycles. The number of thiazole rings is 1. The van der Waals surface area contributed by atoms with Gasteiger partial charge < -0.3 is 16.4 Å². The van der Waals surface area contributed by atoms with Crippen molar-refractivity contribution in [2.45, 2.75) is 45.1 Å². The van der Waals surface area contributed by atoms with Gasteiger partial charge in [0.25, 0.3) is 5.91 Å². The Morgan fingerprint density at radius 1 is 1.53 bits per heavy atom. The van der Waals surface area contributed by atoms with E-state index in [1.165, 1.54) is 37.0 Å². The molecule has 0 radical (unpaired) electrons. The Balaban J connectivity index is 1.60. The third-order valence-electron chi connectivity index (χ3n) is 4.10. The second-order valence-electron chi connectivity index (χ2n) is 5.69. The summed E-state index contributed by atoms with van der Waals surface area (Å²) in [5.41, 5.74) is 6.18. The molecule has 4 N–H and O–H groups in total. The number of hydrogen-bond donors (Lipinski definition) is 3. The molecule has 0 spiro atoms. The molecule has 2 fully saturated rings. The van der Waals surface area contributed by atoms with Crippen LogP contribution in [0.5, 0.6) is 0 Å². The Kier molecular flexibility index (Phi) is 3.12. The van der Waals surface area contributed by atoms with Crippen LogP contribution in [0.2, 0.25) is 0 Å². The van der Waals surface area contributed by atoms with Crippen LogP contribution in [0.3, 0.4) is 0 Å². The minimum atomic E-state index is -0.0847. The van der Waals surface area contributed by atoms with Gasteiger partial charge in [-0.2, -0.15) is 0 Å². The van der Waals surface area contributed by atoms with Gasteiger partial charge in [0, 0.05) is 12.6 Å². The Hall–Kier alpha value is -1.30. The van der Waals surface area contributed by atoms with Gasteiger partial charge in [-0.15, -0.1) is 0 Å². The third kappa shape index (κ3) is 2.83. The summed E-state index contributed by atoms with van der Waals surface area (Å²) in [5.74, 6) is 0.255. The van der Waals surface area contributed by atoms with Gasteiger partial charge in [0.1, 0.15) is 10.7 Å². The summed E-state index contributed by atoms with van der Waals surface area (Å²) in [7, 11) is 0. The fourth-order valence-corrected chi connectivity index (χ4v) is 3.02. The predicted octanol–water partition coefficient (Wildman–Crippen LogP) is 2.22. The van der Waals surface area contributed by atoms with Crippen LogP contribution in [-0.4, -0.2) is 23.5 Å². The van der Waals surface area contributed by atoms with Gasteiger partial charge in [-0.25, -0.2) is 4.98 Å².